The number of nitrogens with zero attached hydrogens (tertiary/aromatic N) is 1. The van der Waals surface area contributed by atoms with E-state index in [0.717, 1.165) is 19.3 Å². The second kappa shape index (κ2) is 5.08. The van der Waals surface area contributed by atoms with Crippen LogP contribution in [0.3, 0.4) is 0 Å². The molecule has 2 bridgehead atoms. The average Bonchev–Trinajstić information content (AvgIpc) is 2.83. The molecule has 7 heteroatoms. The molecular formula is C15H27ClN2O3S. The number of hydrogen-bond donors (Lipinski definition) is 1. The maximum absolute atomic E-state index is 12.7. The van der Waals surface area contributed by atoms with Crippen molar-refractivity contribution >= 4 is 15.9 Å². The van der Waals surface area contributed by atoms with Crippen molar-refractivity contribution in [3.8, 4) is 0 Å². The molecule has 0 aromatic carbocycles. The third-order valence-electron chi connectivity index (χ3n) is 6.75. The molecule has 3 rings (SSSR count). The maximum Gasteiger partial charge on any atom is 0.294 e. The molecular weight excluding hydrogens is 328 g/mol. The third-order valence-corrected chi connectivity index (χ3v) is 8.66. The van der Waals surface area contributed by atoms with E-state index in [-0.39, 0.29) is 46.9 Å². The summed E-state index contributed by atoms with van der Waals surface area (Å²) >= 11 is 0. The minimum Gasteiger partial charge on any atom is -1.00 e. The molecule has 0 radical (unpaired) electrons. The van der Waals surface area contributed by atoms with Crippen molar-refractivity contribution in [1.29, 1.82) is 0 Å². The normalized spacial score (nSPS) is 38.7. The van der Waals surface area contributed by atoms with E-state index in [4.69, 9.17) is 0 Å². The zero-order valence-electron chi connectivity index (χ0n) is 13.8. The quantitative estimate of drug-likeness (QED) is 0.601. The first-order valence-electron chi connectivity index (χ1n) is 7.93. The molecule has 128 valence electrons. The molecule has 1 saturated heterocycles. The number of rotatable bonds is 2. The molecule has 3 aliphatic rings. The Morgan fingerprint density at radius 2 is 1.95 bits per heavy atom. The summed E-state index contributed by atoms with van der Waals surface area (Å²) in [4.78, 5) is 12.7. The van der Waals surface area contributed by atoms with E-state index in [2.05, 4.69) is 19.6 Å². The molecule has 0 aromatic rings. The first-order valence-corrected chi connectivity index (χ1v) is 9.54. The van der Waals surface area contributed by atoms with Crippen molar-refractivity contribution in [2.45, 2.75) is 59.0 Å². The molecule has 2 aliphatic carbocycles. The Morgan fingerprint density at radius 1 is 1.36 bits per heavy atom. The Balaban J connectivity index is 0.00000176. The van der Waals surface area contributed by atoms with Crippen LogP contribution in [0.2, 0.25) is 0 Å². The Morgan fingerprint density at radius 3 is 2.45 bits per heavy atom. The summed E-state index contributed by atoms with van der Waals surface area (Å²) in [6, 6.07) is -0.621. The van der Waals surface area contributed by atoms with Crippen molar-refractivity contribution in [2.75, 3.05) is 5.75 Å². The Kier molecular flexibility index (Phi) is 4.16. The van der Waals surface area contributed by atoms with Crippen LogP contribution < -0.4 is 18.1 Å². The summed E-state index contributed by atoms with van der Waals surface area (Å²) in [5.74, 6) is 0.437. The summed E-state index contributed by atoms with van der Waals surface area (Å²) in [5, 5.41) is 0. The van der Waals surface area contributed by atoms with Gasteiger partial charge in [0.1, 0.15) is 0 Å². The largest absolute Gasteiger partial charge is 1.00 e. The monoisotopic (exact) mass is 354 g/mol. The van der Waals surface area contributed by atoms with Gasteiger partial charge in [-0.2, -0.15) is 0 Å². The molecule has 22 heavy (non-hydrogen) atoms. The zero-order valence-corrected chi connectivity index (χ0v) is 15.4. The molecule has 2 saturated carbocycles. The Hall–Kier alpha value is -0.330. The van der Waals surface area contributed by atoms with E-state index in [1.165, 1.54) is 4.31 Å². The van der Waals surface area contributed by atoms with Crippen LogP contribution in [0.25, 0.3) is 0 Å². The van der Waals surface area contributed by atoms with E-state index in [1.807, 2.05) is 13.8 Å². The molecule has 3 N–H and O–H groups in total. The van der Waals surface area contributed by atoms with Crippen molar-refractivity contribution < 1.29 is 31.4 Å². The van der Waals surface area contributed by atoms with Crippen molar-refractivity contribution in [1.82, 2.24) is 4.31 Å². The second-order valence-corrected chi connectivity index (χ2v) is 9.95. The predicted molar refractivity (Wildman–Crippen MR) is 79.5 cm³/mol. The van der Waals surface area contributed by atoms with Gasteiger partial charge in [0.05, 0.1) is 11.8 Å². The molecule has 1 heterocycles. The fourth-order valence-electron chi connectivity index (χ4n) is 5.03. The number of amides is 1. The van der Waals surface area contributed by atoms with Gasteiger partial charge in [0, 0.05) is 11.3 Å². The third kappa shape index (κ3) is 1.99. The summed E-state index contributed by atoms with van der Waals surface area (Å²) in [6.45, 7) is 8.22. The number of carbonyl (C=O) groups excluding carboxylic acids is 1. The Labute approximate surface area is 139 Å². The van der Waals surface area contributed by atoms with Gasteiger partial charge in [0.15, 0.2) is 6.04 Å². The van der Waals surface area contributed by atoms with E-state index >= 15 is 0 Å². The van der Waals surface area contributed by atoms with Crippen LogP contribution in [0.1, 0.15) is 47.0 Å². The summed E-state index contributed by atoms with van der Waals surface area (Å²) in [7, 11) is -3.50. The topological polar surface area (TPSA) is 82.1 Å². The first kappa shape index (κ1) is 18.0. The van der Waals surface area contributed by atoms with Gasteiger partial charge in [-0.15, -0.1) is 0 Å². The molecule has 3 fully saturated rings. The van der Waals surface area contributed by atoms with Crippen LogP contribution in [0.5, 0.6) is 0 Å². The fraction of sp³-hybridized carbons (Fsp3) is 0.933. The number of carbonyl (C=O) groups is 1. The molecule has 0 unspecified atom stereocenters. The number of sulfonamides is 1. The smallest absolute Gasteiger partial charge is 0.294 e. The molecule has 1 spiro atoms. The lowest BCUT2D eigenvalue weighted by atomic mass is 9.69. The van der Waals surface area contributed by atoms with E-state index in [9.17, 15) is 13.2 Å². The van der Waals surface area contributed by atoms with E-state index in [1.54, 1.807) is 0 Å². The number of fused-ring (bicyclic) bond motifs is 1. The van der Waals surface area contributed by atoms with E-state index in [0.29, 0.717) is 5.92 Å². The maximum atomic E-state index is 12.7. The van der Waals surface area contributed by atoms with Crippen molar-refractivity contribution in [3.63, 3.8) is 0 Å². The minimum absolute atomic E-state index is 0. The number of halogens is 1. The van der Waals surface area contributed by atoms with Crippen molar-refractivity contribution in [2.24, 2.45) is 22.7 Å². The van der Waals surface area contributed by atoms with E-state index < -0.39 is 16.1 Å². The lowest BCUT2D eigenvalue weighted by Crippen LogP contribution is -3.00. The SMILES string of the molecule is CC(C)[14C@H]([NH3+])[14C](=O)N1[C@@H]2C[C@H]3CC[C@]2(CS1(=O)=O)C3(C)C.[Cl-]. The van der Waals surface area contributed by atoms with Gasteiger partial charge >= 0.3 is 0 Å². The van der Waals surface area contributed by atoms with Crippen LogP contribution in [-0.2, 0) is 14.8 Å². The molecule has 4 atom stereocenters. The van der Waals surface area contributed by atoms with Gasteiger partial charge in [0.2, 0.25) is 10.0 Å². The van der Waals surface area contributed by atoms with Crippen LogP contribution in [0.15, 0.2) is 0 Å². The molecule has 1 amide bonds. The summed E-state index contributed by atoms with van der Waals surface area (Å²) < 4.78 is 26.6. The van der Waals surface area contributed by atoms with Gasteiger partial charge in [0.25, 0.3) is 5.91 Å². The lowest BCUT2D eigenvalue weighted by Gasteiger charge is -2.37. The molecule has 5 nitrogen and oxygen atoms in total. The van der Waals surface area contributed by atoms with Gasteiger partial charge in [-0.1, -0.05) is 27.7 Å². The Bertz CT molecular complexity index is 590. The summed E-state index contributed by atoms with van der Waals surface area (Å²) in [6.07, 6.45) is 2.86. The van der Waals surface area contributed by atoms with Crippen LogP contribution in [-0.4, -0.2) is 36.5 Å². The van der Waals surface area contributed by atoms with Crippen molar-refractivity contribution in [3.05, 3.63) is 0 Å². The highest BCUT2D eigenvalue weighted by Gasteiger charge is 2.72. The highest BCUT2D eigenvalue weighted by Crippen LogP contribution is 2.69. The number of hydrogen-bond acceptors (Lipinski definition) is 3. The lowest BCUT2D eigenvalue weighted by molar-refractivity contribution is -0.415. The van der Waals surface area contributed by atoms with Crippen LogP contribution in [0, 0.1) is 22.7 Å². The standard InChI is InChI=1S/C15H26N2O3S.ClH/c1-9(2)12(16)13(18)17-11-7-10-5-6-15(11,14(10,3)4)8-21(17,19)20;/h9-12H,5-8,16H2,1-4H3;1H/t10-,11-,12+,15-;/m1./s1/i12+2,13+2;. The highest BCUT2D eigenvalue weighted by atomic mass is 35.5. The van der Waals surface area contributed by atoms with Crippen LogP contribution >= 0.6 is 0 Å². The fourth-order valence-corrected chi connectivity index (χ4v) is 7.61. The number of quaternary nitrogens is 1. The zero-order chi connectivity index (χ0) is 15.8. The van der Waals surface area contributed by atoms with Gasteiger partial charge in [-0.05, 0) is 30.6 Å². The highest BCUT2D eigenvalue weighted by molar-refractivity contribution is 7.90. The minimum atomic E-state index is -3.50. The molecule has 0 aromatic heterocycles. The average molecular weight is 355 g/mol. The van der Waals surface area contributed by atoms with Gasteiger partial charge in [-0.25, -0.2) is 12.7 Å². The van der Waals surface area contributed by atoms with Gasteiger partial charge < -0.3 is 18.1 Å². The predicted octanol–water partition coefficient (Wildman–Crippen LogP) is -2.38. The second-order valence-electron chi connectivity index (χ2n) is 8.11. The van der Waals surface area contributed by atoms with Gasteiger partial charge in [-0.3, -0.25) is 4.79 Å². The molecule has 1 aliphatic heterocycles. The summed E-state index contributed by atoms with van der Waals surface area (Å²) in [5.41, 5.74) is 3.68. The first-order chi connectivity index (χ1) is 9.54. The van der Waals surface area contributed by atoms with Crippen LogP contribution in [0.4, 0.5) is 0 Å².